The molecule has 2 aliphatic rings. The molecule has 0 spiro atoms. The van der Waals surface area contributed by atoms with Crippen LogP contribution in [0, 0.1) is 22.0 Å². The topological polar surface area (TPSA) is 101 Å². The number of fused-ring (bicyclic) bond motifs is 1. The smallest absolute Gasteiger partial charge is 0.273 e. The molecule has 1 aromatic rings. The van der Waals surface area contributed by atoms with Crippen LogP contribution in [0.2, 0.25) is 5.02 Å². The summed E-state index contributed by atoms with van der Waals surface area (Å²) < 4.78 is 0. The van der Waals surface area contributed by atoms with Crippen molar-refractivity contribution in [3.8, 4) is 5.75 Å². The second kappa shape index (κ2) is 5.50. The van der Waals surface area contributed by atoms with E-state index in [4.69, 9.17) is 23.2 Å². The van der Waals surface area contributed by atoms with E-state index in [2.05, 4.69) is 0 Å². The van der Waals surface area contributed by atoms with Crippen molar-refractivity contribution >= 4 is 46.4 Å². The number of phenolic OH excluding ortho intramolecular Hbond substituents is 1. The third kappa shape index (κ3) is 2.46. The molecule has 3 rings (SSSR count). The van der Waals surface area contributed by atoms with Gasteiger partial charge < -0.3 is 5.11 Å². The summed E-state index contributed by atoms with van der Waals surface area (Å²) in [6.45, 7) is 0. The van der Waals surface area contributed by atoms with E-state index in [-0.39, 0.29) is 17.1 Å². The summed E-state index contributed by atoms with van der Waals surface area (Å²) >= 11 is 11.7. The zero-order chi connectivity index (χ0) is 16.9. The number of phenols is 1. The summed E-state index contributed by atoms with van der Waals surface area (Å²) in [6, 6.07) is 1.92. The van der Waals surface area contributed by atoms with Gasteiger partial charge in [-0.3, -0.25) is 19.7 Å². The third-order valence-corrected chi connectivity index (χ3v) is 4.65. The summed E-state index contributed by atoms with van der Waals surface area (Å²) in [4.78, 5) is 36.0. The molecule has 7 nitrogen and oxygen atoms in total. The number of nitro benzene ring substituents is 1. The molecule has 1 aliphatic heterocycles. The highest BCUT2D eigenvalue weighted by Gasteiger charge is 2.50. The molecule has 0 aromatic heterocycles. The summed E-state index contributed by atoms with van der Waals surface area (Å²) in [7, 11) is 0. The van der Waals surface area contributed by atoms with Gasteiger partial charge in [0.15, 0.2) is 5.75 Å². The number of amides is 2. The number of carbonyl (C=O) groups is 2. The zero-order valence-corrected chi connectivity index (χ0v) is 13.0. The molecule has 2 amide bonds. The van der Waals surface area contributed by atoms with Crippen LogP contribution in [0.3, 0.4) is 0 Å². The highest BCUT2D eigenvalue weighted by molar-refractivity contribution is 6.34. The number of rotatable bonds is 2. The average Bonchev–Trinajstić information content (AvgIpc) is 2.73. The Morgan fingerprint density at radius 2 is 1.87 bits per heavy atom. The van der Waals surface area contributed by atoms with E-state index in [1.54, 1.807) is 6.08 Å². The molecule has 0 radical (unpaired) electrons. The van der Waals surface area contributed by atoms with Crippen LogP contribution in [0.15, 0.2) is 23.2 Å². The predicted octanol–water partition coefficient (Wildman–Crippen LogP) is 2.98. The molecule has 9 heteroatoms. The van der Waals surface area contributed by atoms with Crippen LogP contribution < -0.4 is 4.90 Å². The highest BCUT2D eigenvalue weighted by atomic mass is 35.5. The fourth-order valence-electron chi connectivity index (χ4n) is 2.91. The molecular formula is C14H10Cl2N2O5. The van der Waals surface area contributed by atoms with Crippen molar-refractivity contribution in [1.29, 1.82) is 0 Å². The Kier molecular flexibility index (Phi) is 3.77. The van der Waals surface area contributed by atoms with Gasteiger partial charge in [-0.25, -0.2) is 4.90 Å². The summed E-state index contributed by atoms with van der Waals surface area (Å²) in [6.07, 6.45) is 2.22. The SMILES string of the molecule is O=C1[C@H]2CC=C(Cl)C[C@@H]2C(=O)N1c1cc([N+](=O)[O-])cc(Cl)c1O. The average molecular weight is 357 g/mol. The molecule has 1 aliphatic carbocycles. The van der Waals surface area contributed by atoms with Gasteiger partial charge in [-0.2, -0.15) is 0 Å². The number of carbonyl (C=O) groups excluding carboxylic acids is 2. The van der Waals surface area contributed by atoms with Gasteiger partial charge in [-0.05, 0) is 12.8 Å². The first kappa shape index (κ1) is 15.8. The summed E-state index contributed by atoms with van der Waals surface area (Å²) in [5.74, 6) is -2.82. The number of hydrogen-bond donors (Lipinski definition) is 1. The van der Waals surface area contributed by atoms with Gasteiger partial charge in [0.1, 0.15) is 5.69 Å². The molecule has 0 unspecified atom stereocenters. The quantitative estimate of drug-likeness (QED) is 0.498. The summed E-state index contributed by atoms with van der Waals surface area (Å²) in [5, 5.41) is 21.2. The van der Waals surface area contributed by atoms with Crippen molar-refractivity contribution in [2.45, 2.75) is 12.8 Å². The summed E-state index contributed by atoms with van der Waals surface area (Å²) in [5.41, 5.74) is -0.695. The minimum atomic E-state index is -0.717. The van der Waals surface area contributed by atoms with Gasteiger partial charge in [-0.1, -0.05) is 29.3 Å². The number of non-ortho nitro benzene ring substituents is 1. The van der Waals surface area contributed by atoms with E-state index >= 15 is 0 Å². The molecule has 1 fully saturated rings. The Bertz CT molecular complexity index is 777. The standard InChI is InChI=1S/C14H10Cl2N2O5/c15-6-1-2-8-9(3-6)14(21)17(13(8)20)11-5-7(18(22)23)4-10(16)12(11)19/h1,4-5,8-9,19H,2-3H2/t8-,9-/m0/s1. The van der Waals surface area contributed by atoms with Crippen molar-refractivity contribution in [1.82, 2.24) is 0 Å². The van der Waals surface area contributed by atoms with Crippen LogP contribution in [0.4, 0.5) is 11.4 Å². The van der Waals surface area contributed by atoms with Crippen LogP contribution in [0.1, 0.15) is 12.8 Å². The van der Waals surface area contributed by atoms with Gasteiger partial charge >= 0.3 is 0 Å². The maximum absolute atomic E-state index is 12.5. The molecule has 1 saturated heterocycles. The number of benzene rings is 1. The first-order valence-electron chi connectivity index (χ1n) is 6.70. The Balaban J connectivity index is 2.08. The number of anilines is 1. The lowest BCUT2D eigenvalue weighted by Crippen LogP contribution is -2.31. The molecule has 1 aromatic carbocycles. The Labute approximate surface area is 140 Å². The number of nitro groups is 1. The predicted molar refractivity (Wildman–Crippen MR) is 82.4 cm³/mol. The molecule has 23 heavy (non-hydrogen) atoms. The van der Waals surface area contributed by atoms with E-state index in [1.807, 2.05) is 0 Å². The largest absolute Gasteiger partial charge is 0.504 e. The van der Waals surface area contributed by atoms with Gasteiger partial charge in [0.25, 0.3) is 5.69 Å². The number of nitrogens with zero attached hydrogens (tertiary/aromatic N) is 2. The monoisotopic (exact) mass is 356 g/mol. The molecule has 1 N–H and O–H groups in total. The Morgan fingerprint density at radius 1 is 1.22 bits per heavy atom. The van der Waals surface area contributed by atoms with Gasteiger partial charge in [0.2, 0.25) is 11.8 Å². The maximum atomic E-state index is 12.5. The van der Waals surface area contributed by atoms with Gasteiger partial charge in [0.05, 0.1) is 21.8 Å². The number of allylic oxidation sites excluding steroid dienone is 2. The Morgan fingerprint density at radius 3 is 2.52 bits per heavy atom. The van der Waals surface area contributed by atoms with Crippen LogP contribution in [0.25, 0.3) is 0 Å². The first-order chi connectivity index (χ1) is 10.8. The Hall–Kier alpha value is -2.12. The number of imide groups is 1. The van der Waals surface area contributed by atoms with Crippen LogP contribution in [-0.2, 0) is 9.59 Å². The van der Waals surface area contributed by atoms with Gasteiger partial charge in [0, 0.05) is 17.2 Å². The van der Waals surface area contributed by atoms with E-state index in [9.17, 15) is 24.8 Å². The van der Waals surface area contributed by atoms with Crippen LogP contribution >= 0.6 is 23.2 Å². The molecular weight excluding hydrogens is 347 g/mol. The zero-order valence-electron chi connectivity index (χ0n) is 11.5. The van der Waals surface area contributed by atoms with Crippen LogP contribution in [-0.4, -0.2) is 21.8 Å². The van der Waals surface area contributed by atoms with Gasteiger partial charge in [-0.15, -0.1) is 0 Å². The van der Waals surface area contributed by atoms with Crippen molar-refractivity contribution < 1.29 is 19.6 Å². The number of halogens is 2. The third-order valence-electron chi connectivity index (χ3n) is 4.05. The van der Waals surface area contributed by atoms with E-state index in [0.29, 0.717) is 11.5 Å². The lowest BCUT2D eigenvalue weighted by atomic mass is 9.85. The van der Waals surface area contributed by atoms with E-state index < -0.39 is 40.0 Å². The van der Waals surface area contributed by atoms with Crippen molar-refractivity contribution in [2.24, 2.45) is 11.8 Å². The fraction of sp³-hybridized carbons (Fsp3) is 0.286. The lowest BCUT2D eigenvalue weighted by Gasteiger charge is -2.17. The fourth-order valence-corrected chi connectivity index (χ4v) is 3.38. The van der Waals surface area contributed by atoms with E-state index in [0.717, 1.165) is 17.0 Å². The first-order valence-corrected chi connectivity index (χ1v) is 7.46. The van der Waals surface area contributed by atoms with Crippen molar-refractivity contribution in [3.05, 3.63) is 38.4 Å². The second-order valence-electron chi connectivity index (χ2n) is 5.37. The highest BCUT2D eigenvalue weighted by Crippen LogP contribution is 2.45. The maximum Gasteiger partial charge on any atom is 0.273 e. The molecule has 1 heterocycles. The molecule has 120 valence electrons. The second-order valence-corrected chi connectivity index (χ2v) is 6.26. The number of hydrogen-bond acceptors (Lipinski definition) is 5. The van der Waals surface area contributed by atoms with E-state index in [1.165, 1.54) is 0 Å². The molecule has 0 saturated carbocycles. The van der Waals surface area contributed by atoms with Crippen LogP contribution in [0.5, 0.6) is 5.75 Å². The normalized spacial score (nSPS) is 23.7. The minimum absolute atomic E-state index is 0.233. The molecule has 2 atom stereocenters. The minimum Gasteiger partial charge on any atom is -0.504 e. The lowest BCUT2D eigenvalue weighted by molar-refractivity contribution is -0.384. The molecule has 0 bridgehead atoms. The van der Waals surface area contributed by atoms with Crippen molar-refractivity contribution in [2.75, 3.05) is 4.90 Å². The van der Waals surface area contributed by atoms with Crippen molar-refractivity contribution in [3.63, 3.8) is 0 Å². The number of aromatic hydroxyl groups is 1.